The number of rotatable bonds is 9. The number of unbranched alkanes of at least 4 members (excludes halogenated alkanes) is 1. The molecule has 0 aliphatic carbocycles. The number of aryl methyl sites for hydroxylation is 1. The lowest BCUT2D eigenvalue weighted by atomic mass is 10.3. The van der Waals surface area contributed by atoms with Gasteiger partial charge in [-0.2, -0.15) is 0 Å². The summed E-state index contributed by atoms with van der Waals surface area (Å²) >= 11 is 1.75. The Bertz CT molecular complexity index is 617. The quantitative estimate of drug-likeness (QED) is 0.226. The molecule has 2 aromatic heterocycles. The van der Waals surface area contributed by atoms with Gasteiger partial charge in [0.05, 0.1) is 5.01 Å². The molecular weight excluding hydrogens is 447 g/mol. The van der Waals surface area contributed by atoms with Crippen LogP contribution < -0.4 is 16.0 Å². The predicted octanol–water partition coefficient (Wildman–Crippen LogP) is 3.06. The molecule has 2 aromatic rings. The molecule has 0 amide bonds. The highest BCUT2D eigenvalue weighted by molar-refractivity contribution is 14.0. The lowest BCUT2D eigenvalue weighted by molar-refractivity contribution is 0.710. The van der Waals surface area contributed by atoms with Gasteiger partial charge in [-0.3, -0.25) is 4.99 Å². The third-order valence-corrected chi connectivity index (χ3v) is 4.36. The Morgan fingerprint density at radius 1 is 1.12 bits per heavy atom. The summed E-state index contributed by atoms with van der Waals surface area (Å²) < 4.78 is 0. The van der Waals surface area contributed by atoms with Crippen LogP contribution in [0.1, 0.15) is 22.7 Å². The van der Waals surface area contributed by atoms with E-state index < -0.39 is 0 Å². The van der Waals surface area contributed by atoms with Gasteiger partial charge in [-0.15, -0.1) is 35.3 Å². The Morgan fingerprint density at radius 2 is 1.92 bits per heavy atom. The minimum Gasteiger partial charge on any atom is -0.370 e. The second-order valence-corrected chi connectivity index (χ2v) is 6.71. The van der Waals surface area contributed by atoms with Gasteiger partial charge in [0, 0.05) is 50.4 Å². The van der Waals surface area contributed by atoms with E-state index in [9.17, 15) is 0 Å². The molecule has 0 aliphatic heterocycles. The van der Waals surface area contributed by atoms with Gasteiger partial charge in [-0.05, 0) is 31.9 Å². The molecule has 3 N–H and O–H groups in total. The normalized spacial score (nSPS) is 10.9. The highest BCUT2D eigenvalue weighted by atomic mass is 127. The summed E-state index contributed by atoms with van der Waals surface area (Å²) in [4.78, 5) is 14.1. The van der Waals surface area contributed by atoms with Crippen LogP contribution in [0.25, 0.3) is 0 Å². The van der Waals surface area contributed by atoms with Gasteiger partial charge in [0.1, 0.15) is 5.82 Å². The zero-order valence-corrected chi connectivity index (χ0v) is 17.9. The molecule has 6 nitrogen and oxygen atoms in total. The lowest BCUT2D eigenvalue weighted by Gasteiger charge is -2.11. The van der Waals surface area contributed by atoms with Crippen molar-refractivity contribution < 1.29 is 0 Å². The maximum Gasteiger partial charge on any atom is 0.190 e. The number of anilines is 1. The summed E-state index contributed by atoms with van der Waals surface area (Å²) in [5, 5.41) is 11.1. The highest BCUT2D eigenvalue weighted by Crippen LogP contribution is 2.10. The van der Waals surface area contributed by atoms with Gasteiger partial charge in [-0.1, -0.05) is 6.07 Å². The van der Waals surface area contributed by atoms with Crippen LogP contribution in [0.3, 0.4) is 0 Å². The molecule has 2 heterocycles. The minimum absolute atomic E-state index is 0. The van der Waals surface area contributed by atoms with Crippen molar-refractivity contribution in [2.75, 3.05) is 32.0 Å². The number of guanidine groups is 1. The number of aliphatic imine (C=N–C) groups is 1. The Labute approximate surface area is 171 Å². The zero-order valence-electron chi connectivity index (χ0n) is 14.8. The minimum atomic E-state index is 0. The van der Waals surface area contributed by atoms with E-state index in [2.05, 4.69) is 37.8 Å². The van der Waals surface area contributed by atoms with E-state index in [-0.39, 0.29) is 24.0 Å². The standard InChI is InChI=1S/C17H26N6S.HI/c1-14-13-23-16(24-14)8-12-22-17(18-2)21-11-6-5-10-20-15-7-3-4-9-19-15;/h3-4,7,9,13H,5-6,8,10-12H2,1-2H3,(H,19,20)(H2,18,21,22);1H. The maximum absolute atomic E-state index is 4.37. The fraction of sp³-hybridized carbons (Fsp3) is 0.471. The molecule has 0 spiro atoms. The lowest BCUT2D eigenvalue weighted by Crippen LogP contribution is -2.38. The van der Waals surface area contributed by atoms with E-state index in [1.165, 1.54) is 4.88 Å². The molecule has 0 saturated carbocycles. The summed E-state index contributed by atoms with van der Waals surface area (Å²) in [6.45, 7) is 4.75. The predicted molar refractivity (Wildman–Crippen MR) is 117 cm³/mol. The third-order valence-electron chi connectivity index (χ3n) is 3.39. The van der Waals surface area contributed by atoms with Crippen LogP contribution in [0.5, 0.6) is 0 Å². The second kappa shape index (κ2) is 12.9. The first-order valence-corrected chi connectivity index (χ1v) is 9.10. The van der Waals surface area contributed by atoms with Gasteiger partial charge in [0.15, 0.2) is 5.96 Å². The van der Waals surface area contributed by atoms with Gasteiger partial charge in [0.25, 0.3) is 0 Å². The first kappa shape index (κ1) is 21.6. The first-order valence-electron chi connectivity index (χ1n) is 8.28. The number of nitrogens with one attached hydrogen (secondary N) is 3. The summed E-state index contributed by atoms with van der Waals surface area (Å²) in [6.07, 6.45) is 6.80. The number of hydrogen-bond donors (Lipinski definition) is 3. The molecule has 0 saturated heterocycles. The highest BCUT2D eigenvalue weighted by Gasteiger charge is 2.00. The topological polar surface area (TPSA) is 74.2 Å². The van der Waals surface area contributed by atoms with Crippen molar-refractivity contribution in [2.24, 2.45) is 4.99 Å². The number of aromatic nitrogens is 2. The van der Waals surface area contributed by atoms with Crippen molar-refractivity contribution in [2.45, 2.75) is 26.2 Å². The first-order chi connectivity index (χ1) is 11.8. The van der Waals surface area contributed by atoms with E-state index >= 15 is 0 Å². The summed E-state index contributed by atoms with van der Waals surface area (Å²) in [7, 11) is 1.80. The smallest absolute Gasteiger partial charge is 0.190 e. The van der Waals surface area contributed by atoms with Gasteiger partial charge in [0.2, 0.25) is 0 Å². The SMILES string of the molecule is CN=C(NCCCCNc1ccccn1)NCCc1ncc(C)s1.I. The summed E-state index contributed by atoms with van der Waals surface area (Å²) in [5.41, 5.74) is 0. The fourth-order valence-corrected chi connectivity index (χ4v) is 2.95. The van der Waals surface area contributed by atoms with Gasteiger partial charge < -0.3 is 16.0 Å². The molecule has 0 fully saturated rings. The van der Waals surface area contributed by atoms with Crippen LogP contribution in [0.2, 0.25) is 0 Å². The van der Waals surface area contributed by atoms with Crippen molar-refractivity contribution in [1.82, 2.24) is 20.6 Å². The zero-order chi connectivity index (χ0) is 17.0. The van der Waals surface area contributed by atoms with Crippen molar-refractivity contribution >= 4 is 47.1 Å². The monoisotopic (exact) mass is 474 g/mol. The van der Waals surface area contributed by atoms with E-state index in [4.69, 9.17) is 0 Å². The molecule has 0 bridgehead atoms. The average molecular weight is 474 g/mol. The Balaban J connectivity index is 0.00000312. The largest absolute Gasteiger partial charge is 0.370 e. The van der Waals surface area contributed by atoms with Crippen LogP contribution >= 0.6 is 35.3 Å². The number of nitrogens with zero attached hydrogens (tertiary/aromatic N) is 3. The molecule has 138 valence electrons. The number of thiazole rings is 1. The van der Waals surface area contributed by atoms with E-state index in [1.54, 1.807) is 24.6 Å². The molecule has 0 aromatic carbocycles. The Kier molecular flexibility index (Phi) is 11.1. The Morgan fingerprint density at radius 3 is 2.60 bits per heavy atom. The van der Waals surface area contributed by atoms with Crippen LogP contribution in [0, 0.1) is 6.92 Å². The number of pyridine rings is 1. The van der Waals surface area contributed by atoms with E-state index in [1.807, 2.05) is 24.4 Å². The van der Waals surface area contributed by atoms with Crippen LogP contribution in [0.15, 0.2) is 35.6 Å². The summed E-state index contributed by atoms with van der Waals surface area (Å²) in [6, 6.07) is 5.89. The molecule has 0 aliphatic rings. The molecule has 8 heteroatoms. The second-order valence-electron chi connectivity index (χ2n) is 5.39. The van der Waals surface area contributed by atoms with Crippen LogP contribution in [-0.4, -0.2) is 42.6 Å². The van der Waals surface area contributed by atoms with Crippen molar-refractivity contribution in [3.63, 3.8) is 0 Å². The van der Waals surface area contributed by atoms with Gasteiger partial charge in [-0.25, -0.2) is 9.97 Å². The van der Waals surface area contributed by atoms with E-state index in [0.717, 1.165) is 55.7 Å². The Hall–Kier alpha value is -1.42. The molecule has 0 radical (unpaired) electrons. The van der Waals surface area contributed by atoms with Crippen molar-refractivity contribution in [3.05, 3.63) is 40.5 Å². The molecule has 0 unspecified atom stereocenters. The number of halogens is 1. The van der Waals surface area contributed by atoms with Crippen LogP contribution in [0.4, 0.5) is 5.82 Å². The molecule has 0 atom stereocenters. The average Bonchev–Trinajstić information content (AvgIpc) is 3.02. The third kappa shape index (κ3) is 9.01. The van der Waals surface area contributed by atoms with Crippen molar-refractivity contribution in [3.8, 4) is 0 Å². The molecule has 25 heavy (non-hydrogen) atoms. The fourth-order valence-electron chi connectivity index (χ4n) is 2.17. The van der Waals surface area contributed by atoms with Gasteiger partial charge >= 0.3 is 0 Å². The van der Waals surface area contributed by atoms with E-state index in [0.29, 0.717) is 0 Å². The van der Waals surface area contributed by atoms with Crippen LogP contribution in [-0.2, 0) is 6.42 Å². The van der Waals surface area contributed by atoms with Crippen molar-refractivity contribution in [1.29, 1.82) is 0 Å². The maximum atomic E-state index is 4.37. The number of hydrogen-bond acceptors (Lipinski definition) is 5. The molecular formula is C17H27IN6S. The summed E-state index contributed by atoms with van der Waals surface area (Å²) in [5.74, 6) is 1.78. The molecule has 2 rings (SSSR count).